The van der Waals surface area contributed by atoms with Gasteiger partial charge in [0.2, 0.25) is 0 Å². The van der Waals surface area contributed by atoms with E-state index >= 15 is 0 Å². The van der Waals surface area contributed by atoms with Gasteiger partial charge in [0.25, 0.3) is 5.91 Å². The first-order valence-electron chi connectivity index (χ1n) is 4.41. The number of amides is 1. The molecule has 82 valence electrons. The molecule has 0 fully saturated rings. The number of aliphatic hydroxyl groups is 1. The van der Waals surface area contributed by atoms with Crippen molar-refractivity contribution < 1.29 is 14.3 Å². The lowest BCUT2D eigenvalue weighted by Gasteiger charge is -2.05. The number of nitrogens with one attached hydrogen (secondary N) is 1. The lowest BCUT2D eigenvalue weighted by atomic mass is 10.2. The van der Waals surface area contributed by atoms with Gasteiger partial charge in [-0.15, -0.1) is 11.8 Å². The zero-order valence-electron chi connectivity index (χ0n) is 8.29. The molecule has 0 bridgehead atoms. The van der Waals surface area contributed by atoms with Crippen molar-refractivity contribution in [1.82, 2.24) is 5.32 Å². The summed E-state index contributed by atoms with van der Waals surface area (Å²) in [5.74, 6) is -0.638. The van der Waals surface area contributed by atoms with Crippen molar-refractivity contribution >= 4 is 17.7 Å². The Balaban J connectivity index is 2.81. The SMILES string of the molecule is CSc1cc(C(=O)NCCO)ccc1F. The summed E-state index contributed by atoms with van der Waals surface area (Å²) < 4.78 is 13.1. The van der Waals surface area contributed by atoms with Gasteiger partial charge in [0.15, 0.2) is 0 Å². The highest BCUT2D eigenvalue weighted by molar-refractivity contribution is 7.98. The molecule has 3 nitrogen and oxygen atoms in total. The van der Waals surface area contributed by atoms with Crippen LogP contribution in [0.25, 0.3) is 0 Å². The lowest BCUT2D eigenvalue weighted by Crippen LogP contribution is -2.26. The molecular formula is C10H12FNO2S. The van der Waals surface area contributed by atoms with Crippen molar-refractivity contribution in [3.05, 3.63) is 29.6 Å². The Kier molecular flexibility index (Phi) is 4.58. The molecule has 0 spiro atoms. The first-order valence-corrected chi connectivity index (χ1v) is 5.64. The summed E-state index contributed by atoms with van der Waals surface area (Å²) in [6.07, 6.45) is 1.74. The Morgan fingerprint density at radius 1 is 1.60 bits per heavy atom. The van der Waals surface area contributed by atoms with Crippen molar-refractivity contribution in [3.8, 4) is 0 Å². The molecule has 1 aromatic rings. The van der Waals surface area contributed by atoms with E-state index in [1.165, 1.54) is 30.0 Å². The van der Waals surface area contributed by atoms with Crippen molar-refractivity contribution in [1.29, 1.82) is 0 Å². The summed E-state index contributed by atoms with van der Waals surface area (Å²) in [5, 5.41) is 11.0. The highest BCUT2D eigenvalue weighted by Gasteiger charge is 2.08. The normalized spacial score (nSPS) is 10.1. The highest BCUT2D eigenvalue weighted by Crippen LogP contribution is 2.20. The number of carbonyl (C=O) groups is 1. The van der Waals surface area contributed by atoms with Crippen molar-refractivity contribution in [2.24, 2.45) is 0 Å². The summed E-state index contributed by atoms with van der Waals surface area (Å²) in [6.45, 7) is 0.0904. The van der Waals surface area contributed by atoms with E-state index in [4.69, 9.17) is 5.11 Å². The van der Waals surface area contributed by atoms with Gasteiger partial charge in [-0.2, -0.15) is 0 Å². The summed E-state index contributed by atoms with van der Waals surface area (Å²) in [7, 11) is 0. The quantitative estimate of drug-likeness (QED) is 0.764. The van der Waals surface area contributed by atoms with Crippen molar-refractivity contribution in [3.63, 3.8) is 0 Å². The summed E-state index contributed by atoms with van der Waals surface area (Å²) >= 11 is 1.25. The van der Waals surface area contributed by atoms with Gasteiger partial charge in [0.1, 0.15) is 5.82 Å². The zero-order chi connectivity index (χ0) is 11.3. The Labute approximate surface area is 91.7 Å². The third-order valence-electron chi connectivity index (χ3n) is 1.81. The van der Waals surface area contributed by atoms with Gasteiger partial charge < -0.3 is 10.4 Å². The first-order chi connectivity index (χ1) is 7.19. The molecule has 0 aromatic heterocycles. The summed E-state index contributed by atoms with van der Waals surface area (Å²) in [4.78, 5) is 11.9. The van der Waals surface area contributed by atoms with Crippen LogP contribution in [-0.4, -0.2) is 30.4 Å². The lowest BCUT2D eigenvalue weighted by molar-refractivity contribution is 0.0944. The van der Waals surface area contributed by atoms with Crippen LogP contribution in [0.2, 0.25) is 0 Å². The Morgan fingerprint density at radius 3 is 2.93 bits per heavy atom. The average Bonchev–Trinajstić information content (AvgIpc) is 2.26. The van der Waals surface area contributed by atoms with E-state index in [0.717, 1.165) is 0 Å². The smallest absolute Gasteiger partial charge is 0.251 e. The van der Waals surface area contributed by atoms with E-state index in [1.54, 1.807) is 6.26 Å². The molecule has 0 radical (unpaired) electrons. The van der Waals surface area contributed by atoms with Crippen molar-refractivity contribution in [2.75, 3.05) is 19.4 Å². The van der Waals surface area contributed by atoms with E-state index in [9.17, 15) is 9.18 Å². The van der Waals surface area contributed by atoms with E-state index < -0.39 is 0 Å². The molecule has 0 unspecified atom stereocenters. The highest BCUT2D eigenvalue weighted by atomic mass is 32.2. The maximum Gasteiger partial charge on any atom is 0.251 e. The number of hydrogen-bond acceptors (Lipinski definition) is 3. The van der Waals surface area contributed by atoms with Crippen LogP contribution in [0.5, 0.6) is 0 Å². The molecule has 1 amide bonds. The number of halogens is 1. The number of thioether (sulfide) groups is 1. The van der Waals surface area contributed by atoms with E-state index in [-0.39, 0.29) is 24.9 Å². The molecule has 15 heavy (non-hydrogen) atoms. The minimum atomic E-state index is -0.332. The van der Waals surface area contributed by atoms with E-state index in [2.05, 4.69) is 5.32 Å². The molecule has 0 aliphatic rings. The van der Waals surface area contributed by atoms with Crippen LogP contribution in [0, 0.1) is 5.82 Å². The fourth-order valence-electron chi connectivity index (χ4n) is 1.07. The van der Waals surface area contributed by atoms with Gasteiger partial charge in [0.05, 0.1) is 6.61 Å². The van der Waals surface area contributed by atoms with Crippen LogP contribution in [0.4, 0.5) is 4.39 Å². The molecule has 0 atom stereocenters. The third-order valence-corrected chi connectivity index (χ3v) is 2.56. The second-order valence-corrected chi connectivity index (χ2v) is 3.68. The first kappa shape index (κ1) is 12.0. The molecule has 0 aliphatic heterocycles. The third kappa shape index (κ3) is 3.21. The monoisotopic (exact) mass is 229 g/mol. The van der Waals surface area contributed by atoms with Gasteiger partial charge in [-0.05, 0) is 24.5 Å². The molecule has 0 saturated carbocycles. The molecule has 1 rings (SSSR count). The van der Waals surface area contributed by atoms with Crippen LogP contribution in [0.3, 0.4) is 0 Å². The standard InChI is InChI=1S/C10H12FNO2S/c1-15-9-6-7(2-3-8(9)11)10(14)12-4-5-13/h2-3,6,13H,4-5H2,1H3,(H,12,14). The summed E-state index contributed by atoms with van der Waals surface area (Å²) in [6, 6.07) is 4.17. The van der Waals surface area contributed by atoms with E-state index in [0.29, 0.717) is 10.5 Å². The number of aliphatic hydroxyl groups excluding tert-OH is 1. The average molecular weight is 229 g/mol. The molecule has 1 aromatic carbocycles. The van der Waals surface area contributed by atoms with E-state index in [1.807, 2.05) is 0 Å². The maximum atomic E-state index is 13.1. The fraction of sp³-hybridized carbons (Fsp3) is 0.300. The van der Waals surface area contributed by atoms with Crippen LogP contribution < -0.4 is 5.32 Å². The Bertz CT molecular complexity index is 357. The molecule has 5 heteroatoms. The van der Waals surface area contributed by atoms with Gasteiger partial charge in [-0.25, -0.2) is 4.39 Å². The predicted molar refractivity (Wildman–Crippen MR) is 57.6 cm³/mol. The van der Waals surface area contributed by atoms with Gasteiger partial charge in [-0.1, -0.05) is 0 Å². The molecular weight excluding hydrogens is 217 g/mol. The van der Waals surface area contributed by atoms with Gasteiger partial charge >= 0.3 is 0 Å². The number of carbonyl (C=O) groups excluding carboxylic acids is 1. The fourth-order valence-corrected chi connectivity index (χ4v) is 1.58. The van der Waals surface area contributed by atoms with Crippen LogP contribution in [0.15, 0.2) is 23.1 Å². The number of benzene rings is 1. The molecule has 0 aliphatic carbocycles. The predicted octanol–water partition coefficient (Wildman–Crippen LogP) is 1.27. The molecule has 0 saturated heterocycles. The number of rotatable bonds is 4. The second-order valence-electron chi connectivity index (χ2n) is 2.83. The summed E-state index contributed by atoms with van der Waals surface area (Å²) in [5.41, 5.74) is 0.397. The Morgan fingerprint density at radius 2 is 2.33 bits per heavy atom. The minimum Gasteiger partial charge on any atom is -0.395 e. The topological polar surface area (TPSA) is 49.3 Å². The number of hydrogen-bond donors (Lipinski definition) is 2. The zero-order valence-corrected chi connectivity index (χ0v) is 9.10. The van der Waals surface area contributed by atoms with Crippen molar-refractivity contribution in [2.45, 2.75) is 4.90 Å². The van der Waals surface area contributed by atoms with Gasteiger partial charge in [-0.3, -0.25) is 4.79 Å². The van der Waals surface area contributed by atoms with Crippen LogP contribution in [-0.2, 0) is 0 Å². The maximum absolute atomic E-state index is 13.1. The second kappa shape index (κ2) is 5.72. The molecule has 0 heterocycles. The van der Waals surface area contributed by atoms with Crippen LogP contribution in [0.1, 0.15) is 10.4 Å². The Hall–Kier alpha value is -1.07. The largest absolute Gasteiger partial charge is 0.395 e. The van der Waals surface area contributed by atoms with Crippen LogP contribution >= 0.6 is 11.8 Å². The van der Waals surface area contributed by atoms with Gasteiger partial charge in [0, 0.05) is 17.0 Å². The molecule has 2 N–H and O–H groups in total. The minimum absolute atomic E-state index is 0.109.